The van der Waals surface area contributed by atoms with Crippen molar-refractivity contribution in [3.8, 4) is 0 Å². The molecule has 0 saturated carbocycles. The lowest BCUT2D eigenvalue weighted by Gasteiger charge is -2.18. The molecule has 0 unspecified atom stereocenters. The first-order valence-electron chi connectivity index (χ1n) is 8.47. The van der Waals surface area contributed by atoms with E-state index in [1.807, 2.05) is 32.9 Å². The Morgan fingerprint density at radius 1 is 0.926 bits per heavy atom. The molecule has 2 N–H and O–H groups in total. The second-order valence-electron chi connectivity index (χ2n) is 6.67. The summed E-state index contributed by atoms with van der Waals surface area (Å²) in [7, 11) is 1.59. The summed E-state index contributed by atoms with van der Waals surface area (Å²) >= 11 is 0. The molecule has 0 radical (unpaired) electrons. The van der Waals surface area contributed by atoms with E-state index in [-0.39, 0.29) is 24.7 Å². The minimum atomic E-state index is -0.726. The van der Waals surface area contributed by atoms with Crippen molar-refractivity contribution in [2.24, 2.45) is 0 Å². The highest BCUT2D eigenvalue weighted by molar-refractivity contribution is 5.95. The predicted octanol–water partition coefficient (Wildman–Crippen LogP) is 3.40. The first-order valence-corrected chi connectivity index (χ1v) is 8.47. The third-order valence-electron chi connectivity index (χ3n) is 3.97. The molecule has 2 rings (SSSR count). The Bertz CT molecular complexity index is 845. The fraction of sp³-hybridized carbons (Fsp3) is 0.300. The molecule has 0 aliphatic carbocycles. The van der Waals surface area contributed by atoms with E-state index in [1.165, 1.54) is 4.90 Å². The van der Waals surface area contributed by atoms with Gasteiger partial charge in [-0.05, 0) is 51.1 Å². The number of rotatable bonds is 6. The highest BCUT2D eigenvalue weighted by Gasteiger charge is 2.14. The fourth-order valence-corrected chi connectivity index (χ4v) is 2.89. The van der Waals surface area contributed by atoms with Crippen LogP contribution in [0.2, 0.25) is 0 Å². The zero-order valence-electron chi connectivity index (χ0n) is 15.8. The molecule has 7 heteroatoms. The Morgan fingerprint density at radius 3 is 2.07 bits per heavy atom. The van der Waals surface area contributed by atoms with Gasteiger partial charge in [-0.3, -0.25) is 14.5 Å². The molecule has 144 valence electrons. The Kier molecular flexibility index (Phi) is 6.63. The molecule has 5 nitrogen and oxygen atoms in total. The zero-order valence-corrected chi connectivity index (χ0v) is 15.8. The minimum Gasteiger partial charge on any atom is -0.324 e. The lowest BCUT2D eigenvalue weighted by atomic mass is 10.1. The number of likely N-dealkylation sites (N-methyl/N-ethyl adjacent to an activating group) is 1. The van der Waals surface area contributed by atoms with Crippen molar-refractivity contribution in [3.05, 3.63) is 58.7 Å². The van der Waals surface area contributed by atoms with Crippen molar-refractivity contribution in [1.29, 1.82) is 0 Å². The number of nitrogens with zero attached hydrogens (tertiary/aromatic N) is 1. The molecule has 0 heterocycles. The number of benzene rings is 2. The van der Waals surface area contributed by atoms with Crippen molar-refractivity contribution in [3.63, 3.8) is 0 Å². The van der Waals surface area contributed by atoms with E-state index < -0.39 is 17.5 Å². The summed E-state index contributed by atoms with van der Waals surface area (Å²) in [5, 5.41) is 5.16. The van der Waals surface area contributed by atoms with Gasteiger partial charge >= 0.3 is 0 Å². The molecule has 0 saturated heterocycles. The van der Waals surface area contributed by atoms with Crippen molar-refractivity contribution in [2.75, 3.05) is 30.8 Å². The van der Waals surface area contributed by atoms with E-state index >= 15 is 0 Å². The lowest BCUT2D eigenvalue weighted by Crippen LogP contribution is -2.36. The third-order valence-corrected chi connectivity index (χ3v) is 3.97. The summed E-state index contributed by atoms with van der Waals surface area (Å²) in [5.74, 6) is -2.19. The number of nitrogens with one attached hydrogen (secondary N) is 2. The Labute approximate surface area is 157 Å². The van der Waals surface area contributed by atoms with Gasteiger partial charge in [0.05, 0.1) is 18.8 Å². The van der Waals surface area contributed by atoms with E-state index in [0.29, 0.717) is 0 Å². The molecule has 2 aromatic carbocycles. The summed E-state index contributed by atoms with van der Waals surface area (Å²) < 4.78 is 26.7. The highest BCUT2D eigenvalue weighted by Crippen LogP contribution is 2.21. The zero-order chi connectivity index (χ0) is 20.1. The van der Waals surface area contributed by atoms with Crippen LogP contribution in [0.25, 0.3) is 0 Å². The van der Waals surface area contributed by atoms with E-state index in [4.69, 9.17) is 0 Å². The molecular weight excluding hydrogens is 352 g/mol. The molecule has 0 fully saturated rings. The standard InChI is InChI=1S/C20H23F2N3O2/c1-12-7-13(2)20(14(3)8-12)24-19(27)11-25(4)10-18(26)23-17-9-15(21)5-6-16(17)22/h5-9H,10-11H2,1-4H3,(H,23,26)(H,24,27). The van der Waals surface area contributed by atoms with Gasteiger partial charge in [-0.25, -0.2) is 8.78 Å². The van der Waals surface area contributed by atoms with Crippen LogP contribution < -0.4 is 10.6 Å². The second-order valence-corrected chi connectivity index (χ2v) is 6.67. The van der Waals surface area contributed by atoms with E-state index in [1.54, 1.807) is 7.05 Å². The Balaban J connectivity index is 1.91. The van der Waals surface area contributed by atoms with E-state index in [0.717, 1.165) is 40.6 Å². The van der Waals surface area contributed by atoms with Crippen LogP contribution in [0.4, 0.5) is 20.2 Å². The van der Waals surface area contributed by atoms with Crippen LogP contribution in [0.15, 0.2) is 30.3 Å². The van der Waals surface area contributed by atoms with Crippen LogP contribution in [-0.4, -0.2) is 36.9 Å². The lowest BCUT2D eigenvalue weighted by molar-refractivity contribution is -0.119. The van der Waals surface area contributed by atoms with Gasteiger partial charge in [-0.15, -0.1) is 0 Å². The van der Waals surface area contributed by atoms with Gasteiger partial charge < -0.3 is 10.6 Å². The number of anilines is 2. The molecule has 0 spiro atoms. The largest absolute Gasteiger partial charge is 0.324 e. The van der Waals surface area contributed by atoms with Gasteiger partial charge in [0.25, 0.3) is 0 Å². The van der Waals surface area contributed by atoms with Crippen LogP contribution >= 0.6 is 0 Å². The third kappa shape index (κ3) is 5.86. The SMILES string of the molecule is Cc1cc(C)c(NC(=O)CN(C)CC(=O)Nc2cc(F)ccc2F)c(C)c1. The van der Waals surface area contributed by atoms with Crippen molar-refractivity contribution in [1.82, 2.24) is 4.90 Å². The summed E-state index contributed by atoms with van der Waals surface area (Å²) in [6.07, 6.45) is 0. The van der Waals surface area contributed by atoms with Crippen LogP contribution in [0.3, 0.4) is 0 Å². The maximum atomic E-state index is 13.6. The molecular formula is C20H23F2N3O2. The van der Waals surface area contributed by atoms with Gasteiger partial charge in [-0.1, -0.05) is 17.7 Å². The van der Waals surface area contributed by atoms with E-state index in [2.05, 4.69) is 10.6 Å². The number of carbonyl (C=O) groups is 2. The van der Waals surface area contributed by atoms with Crippen LogP contribution in [-0.2, 0) is 9.59 Å². The fourth-order valence-electron chi connectivity index (χ4n) is 2.89. The van der Waals surface area contributed by atoms with Gasteiger partial charge in [-0.2, -0.15) is 0 Å². The summed E-state index contributed by atoms with van der Waals surface area (Å²) in [6, 6.07) is 6.77. The first kappa shape index (κ1) is 20.5. The molecule has 0 aliphatic rings. The van der Waals surface area contributed by atoms with E-state index in [9.17, 15) is 18.4 Å². The average Bonchev–Trinajstić information content (AvgIpc) is 2.54. The van der Waals surface area contributed by atoms with Crippen molar-refractivity contribution >= 4 is 23.2 Å². The topological polar surface area (TPSA) is 61.4 Å². The molecule has 0 aromatic heterocycles. The molecule has 2 amide bonds. The summed E-state index contributed by atoms with van der Waals surface area (Å²) in [6.45, 7) is 5.65. The van der Waals surface area contributed by atoms with Gasteiger partial charge in [0.1, 0.15) is 11.6 Å². The highest BCUT2D eigenvalue weighted by atomic mass is 19.1. The molecule has 2 aromatic rings. The smallest absolute Gasteiger partial charge is 0.238 e. The maximum Gasteiger partial charge on any atom is 0.238 e. The Hall–Kier alpha value is -2.80. The maximum absolute atomic E-state index is 13.6. The van der Waals surface area contributed by atoms with Crippen LogP contribution in [0.5, 0.6) is 0 Å². The number of aryl methyl sites for hydroxylation is 3. The summed E-state index contributed by atoms with van der Waals surface area (Å²) in [4.78, 5) is 25.7. The average molecular weight is 375 g/mol. The normalized spacial score (nSPS) is 10.8. The Morgan fingerprint density at radius 2 is 1.48 bits per heavy atom. The van der Waals surface area contributed by atoms with Gasteiger partial charge in [0.2, 0.25) is 11.8 Å². The molecule has 27 heavy (non-hydrogen) atoms. The van der Waals surface area contributed by atoms with Crippen LogP contribution in [0, 0.1) is 32.4 Å². The van der Waals surface area contributed by atoms with Gasteiger partial charge in [0, 0.05) is 11.8 Å². The molecule has 0 aliphatic heterocycles. The van der Waals surface area contributed by atoms with Gasteiger partial charge in [0.15, 0.2) is 0 Å². The van der Waals surface area contributed by atoms with Crippen LogP contribution in [0.1, 0.15) is 16.7 Å². The quantitative estimate of drug-likeness (QED) is 0.814. The second kappa shape index (κ2) is 8.73. The van der Waals surface area contributed by atoms with Crippen molar-refractivity contribution in [2.45, 2.75) is 20.8 Å². The monoisotopic (exact) mass is 375 g/mol. The number of hydrogen-bond acceptors (Lipinski definition) is 3. The predicted molar refractivity (Wildman–Crippen MR) is 102 cm³/mol. The number of amides is 2. The minimum absolute atomic E-state index is 0.0220. The number of carbonyl (C=O) groups excluding carboxylic acids is 2. The van der Waals surface area contributed by atoms with Crippen molar-refractivity contribution < 1.29 is 18.4 Å². The first-order chi connectivity index (χ1) is 12.7. The molecule has 0 atom stereocenters. The summed E-state index contributed by atoms with van der Waals surface area (Å²) in [5.41, 5.74) is 3.56. The molecule has 0 bridgehead atoms. The number of halogens is 2. The number of hydrogen-bond donors (Lipinski definition) is 2.